The molecule has 0 aromatic heterocycles. The van der Waals surface area contributed by atoms with Gasteiger partial charge in [0.05, 0.1) is 0 Å². The van der Waals surface area contributed by atoms with Crippen molar-refractivity contribution in [3.8, 4) is 0 Å². The number of amides is 3. The molecule has 5 nitrogen and oxygen atoms in total. The molecule has 1 heterocycles. The van der Waals surface area contributed by atoms with Crippen molar-refractivity contribution in [2.24, 2.45) is 0 Å². The first-order chi connectivity index (χ1) is 12.7. The highest BCUT2D eigenvalue weighted by atomic mass is 16.2. The van der Waals surface area contributed by atoms with Gasteiger partial charge in [-0.05, 0) is 30.7 Å². The third-order valence-electron chi connectivity index (χ3n) is 4.59. The van der Waals surface area contributed by atoms with Gasteiger partial charge in [0.1, 0.15) is 6.54 Å². The molecule has 0 N–H and O–H groups in total. The van der Waals surface area contributed by atoms with Gasteiger partial charge >= 0.3 is 6.03 Å². The van der Waals surface area contributed by atoms with E-state index in [0.717, 1.165) is 24.2 Å². The Morgan fingerprint density at radius 1 is 1.00 bits per heavy atom. The number of carbonyl (C=O) groups excluding carboxylic acids is 2. The summed E-state index contributed by atoms with van der Waals surface area (Å²) in [6.07, 6.45) is 1.95. The van der Waals surface area contributed by atoms with Crippen LogP contribution in [0.15, 0.2) is 60.7 Å². The molecular weight excluding hydrogens is 326 g/mol. The first-order valence-electron chi connectivity index (χ1n) is 9.17. The zero-order chi connectivity index (χ0) is 18.4. The maximum Gasteiger partial charge on any atom is 0.325 e. The molecule has 0 saturated carbocycles. The van der Waals surface area contributed by atoms with Crippen molar-refractivity contribution >= 4 is 23.3 Å². The maximum atomic E-state index is 12.9. The van der Waals surface area contributed by atoms with E-state index in [0.29, 0.717) is 19.6 Å². The number of para-hydroxylation sites is 2. The van der Waals surface area contributed by atoms with E-state index in [1.54, 1.807) is 14.7 Å². The number of nitrogens with zero attached hydrogens (tertiary/aromatic N) is 3. The van der Waals surface area contributed by atoms with Gasteiger partial charge in [0.25, 0.3) is 0 Å². The minimum atomic E-state index is -0.104. The van der Waals surface area contributed by atoms with Crippen molar-refractivity contribution in [1.29, 1.82) is 0 Å². The van der Waals surface area contributed by atoms with E-state index in [1.807, 2.05) is 60.7 Å². The number of hydrogen-bond donors (Lipinski definition) is 0. The lowest BCUT2D eigenvalue weighted by atomic mass is 10.2. The fraction of sp³-hybridized carbons (Fsp3) is 0.333. The van der Waals surface area contributed by atoms with Gasteiger partial charge in [0.2, 0.25) is 5.91 Å². The Kier molecular flexibility index (Phi) is 5.89. The smallest absolute Gasteiger partial charge is 0.313 e. The zero-order valence-corrected chi connectivity index (χ0v) is 15.2. The topological polar surface area (TPSA) is 43.9 Å². The fourth-order valence-corrected chi connectivity index (χ4v) is 3.15. The molecule has 2 aromatic carbocycles. The van der Waals surface area contributed by atoms with E-state index in [-0.39, 0.29) is 18.5 Å². The SMILES string of the molecule is CCCCN(C(=O)CN1CCN(c2ccccc2)C1=O)c1ccccc1. The third-order valence-corrected chi connectivity index (χ3v) is 4.59. The van der Waals surface area contributed by atoms with E-state index < -0.39 is 0 Å². The van der Waals surface area contributed by atoms with E-state index in [2.05, 4.69) is 6.92 Å². The molecular formula is C21H25N3O2. The van der Waals surface area contributed by atoms with Crippen LogP contribution >= 0.6 is 0 Å². The molecule has 1 saturated heterocycles. The molecule has 0 bridgehead atoms. The summed E-state index contributed by atoms with van der Waals surface area (Å²) in [5.74, 6) is -0.0343. The monoisotopic (exact) mass is 351 g/mol. The minimum Gasteiger partial charge on any atom is -0.313 e. The van der Waals surface area contributed by atoms with E-state index in [4.69, 9.17) is 0 Å². The minimum absolute atomic E-state index is 0.0343. The fourth-order valence-electron chi connectivity index (χ4n) is 3.15. The van der Waals surface area contributed by atoms with Crippen LogP contribution in [0, 0.1) is 0 Å². The summed E-state index contributed by atoms with van der Waals surface area (Å²) in [5, 5.41) is 0. The van der Waals surface area contributed by atoms with Gasteiger partial charge in [0.15, 0.2) is 0 Å². The Morgan fingerprint density at radius 3 is 2.31 bits per heavy atom. The first kappa shape index (κ1) is 18.0. The van der Waals surface area contributed by atoms with Gasteiger partial charge in [-0.2, -0.15) is 0 Å². The molecule has 1 aliphatic heterocycles. The molecule has 5 heteroatoms. The number of hydrogen-bond acceptors (Lipinski definition) is 2. The number of rotatable bonds is 7. The number of urea groups is 1. The van der Waals surface area contributed by atoms with Crippen molar-refractivity contribution < 1.29 is 9.59 Å². The van der Waals surface area contributed by atoms with Gasteiger partial charge in [-0.15, -0.1) is 0 Å². The van der Waals surface area contributed by atoms with E-state index >= 15 is 0 Å². The quantitative estimate of drug-likeness (QED) is 0.762. The normalized spacial score (nSPS) is 14.0. The molecule has 3 amide bonds. The molecule has 1 aliphatic rings. The summed E-state index contributed by atoms with van der Waals surface area (Å²) < 4.78 is 0. The summed E-state index contributed by atoms with van der Waals surface area (Å²) in [6, 6.07) is 19.2. The first-order valence-corrected chi connectivity index (χ1v) is 9.17. The van der Waals surface area contributed by atoms with Gasteiger partial charge in [-0.1, -0.05) is 49.7 Å². The lowest BCUT2D eigenvalue weighted by Crippen LogP contribution is -2.42. The molecule has 0 spiro atoms. The Labute approximate surface area is 154 Å². The lowest BCUT2D eigenvalue weighted by molar-refractivity contribution is -0.119. The van der Waals surface area contributed by atoms with Gasteiger partial charge in [-0.25, -0.2) is 4.79 Å². The summed E-state index contributed by atoms with van der Waals surface area (Å²) in [7, 11) is 0. The standard InChI is InChI=1S/C21H25N3O2/c1-2-3-14-23(18-10-6-4-7-11-18)20(25)17-22-15-16-24(21(22)26)19-12-8-5-9-13-19/h4-13H,2-3,14-17H2,1H3. The second-order valence-corrected chi connectivity index (χ2v) is 6.43. The number of anilines is 2. The highest BCUT2D eigenvalue weighted by Gasteiger charge is 2.32. The molecule has 0 aliphatic carbocycles. The molecule has 0 unspecified atom stereocenters. The molecule has 26 heavy (non-hydrogen) atoms. The van der Waals surface area contributed by atoms with Gasteiger partial charge < -0.3 is 9.80 Å². The van der Waals surface area contributed by atoms with E-state index in [9.17, 15) is 9.59 Å². The molecule has 3 rings (SSSR count). The van der Waals surface area contributed by atoms with Gasteiger partial charge in [0, 0.05) is 31.0 Å². The lowest BCUT2D eigenvalue weighted by Gasteiger charge is -2.25. The Bertz CT molecular complexity index is 733. The average Bonchev–Trinajstić information content (AvgIpc) is 3.04. The number of benzene rings is 2. The third kappa shape index (κ3) is 4.04. The highest BCUT2D eigenvalue weighted by Crippen LogP contribution is 2.21. The summed E-state index contributed by atoms with van der Waals surface area (Å²) in [5.41, 5.74) is 1.76. The van der Waals surface area contributed by atoms with Crippen LogP contribution in [-0.2, 0) is 4.79 Å². The second-order valence-electron chi connectivity index (χ2n) is 6.43. The number of unbranched alkanes of at least 4 members (excludes halogenated alkanes) is 1. The molecule has 2 aromatic rings. The Morgan fingerprint density at radius 2 is 1.65 bits per heavy atom. The predicted octanol–water partition coefficient (Wildman–Crippen LogP) is 3.76. The van der Waals surface area contributed by atoms with Crippen molar-refractivity contribution in [3.05, 3.63) is 60.7 Å². The molecule has 0 radical (unpaired) electrons. The maximum absolute atomic E-state index is 12.9. The van der Waals surface area contributed by atoms with Crippen LogP contribution in [-0.4, -0.2) is 43.0 Å². The molecule has 0 atom stereocenters. The molecule has 1 fully saturated rings. The molecule has 136 valence electrons. The van der Waals surface area contributed by atoms with Crippen molar-refractivity contribution in [1.82, 2.24) is 4.90 Å². The van der Waals surface area contributed by atoms with Crippen LogP contribution in [0.3, 0.4) is 0 Å². The predicted molar refractivity (Wildman–Crippen MR) is 104 cm³/mol. The summed E-state index contributed by atoms with van der Waals surface area (Å²) >= 11 is 0. The van der Waals surface area contributed by atoms with E-state index in [1.165, 1.54) is 0 Å². The van der Waals surface area contributed by atoms with Crippen molar-refractivity contribution in [3.63, 3.8) is 0 Å². The summed E-state index contributed by atoms with van der Waals surface area (Å²) in [4.78, 5) is 30.8. The Balaban J connectivity index is 1.68. The van der Waals surface area contributed by atoms with Crippen LogP contribution in [0.25, 0.3) is 0 Å². The van der Waals surface area contributed by atoms with Crippen molar-refractivity contribution in [2.75, 3.05) is 36.0 Å². The van der Waals surface area contributed by atoms with Crippen LogP contribution in [0.2, 0.25) is 0 Å². The second kappa shape index (κ2) is 8.52. The zero-order valence-electron chi connectivity index (χ0n) is 15.2. The highest BCUT2D eigenvalue weighted by molar-refractivity contribution is 6.00. The largest absolute Gasteiger partial charge is 0.325 e. The van der Waals surface area contributed by atoms with Crippen molar-refractivity contribution in [2.45, 2.75) is 19.8 Å². The van der Waals surface area contributed by atoms with Crippen LogP contribution < -0.4 is 9.80 Å². The Hall–Kier alpha value is -2.82. The van der Waals surface area contributed by atoms with Gasteiger partial charge in [-0.3, -0.25) is 9.69 Å². The van der Waals surface area contributed by atoms with Crippen LogP contribution in [0.1, 0.15) is 19.8 Å². The average molecular weight is 351 g/mol. The van der Waals surface area contributed by atoms with Crippen LogP contribution in [0.4, 0.5) is 16.2 Å². The summed E-state index contributed by atoms with van der Waals surface area (Å²) in [6.45, 7) is 4.06. The number of carbonyl (C=O) groups is 2. The van der Waals surface area contributed by atoms with Crippen LogP contribution in [0.5, 0.6) is 0 Å².